The first-order valence-corrected chi connectivity index (χ1v) is 13.7. The van der Waals surface area contributed by atoms with E-state index in [0.29, 0.717) is 28.5 Å². The fourth-order valence-corrected chi connectivity index (χ4v) is 4.71. The average molecular weight is 592 g/mol. The van der Waals surface area contributed by atoms with E-state index in [0.717, 1.165) is 22.3 Å². The maximum absolute atomic E-state index is 11.0. The Labute approximate surface area is 250 Å². The highest BCUT2D eigenvalue weighted by Crippen LogP contribution is 2.36. The van der Waals surface area contributed by atoms with Crippen molar-refractivity contribution < 1.29 is 39.4 Å². The minimum atomic E-state index is -0.818. The lowest BCUT2D eigenvalue weighted by atomic mass is 9.99. The molecule has 1 heterocycles. The van der Waals surface area contributed by atoms with Gasteiger partial charge in [0.05, 0.1) is 24.3 Å². The molecule has 0 amide bonds. The van der Waals surface area contributed by atoms with E-state index in [4.69, 9.17) is 28.9 Å². The molecule has 0 aliphatic carbocycles. The van der Waals surface area contributed by atoms with Crippen LogP contribution in [-0.4, -0.2) is 88.2 Å². The molecule has 1 aromatic heterocycles. The molecule has 0 aliphatic rings. The Balaban J connectivity index is 1.76. The third kappa shape index (κ3) is 7.96. The van der Waals surface area contributed by atoms with E-state index in [1.54, 1.807) is 24.3 Å². The van der Waals surface area contributed by atoms with Crippen molar-refractivity contribution in [1.82, 2.24) is 15.0 Å². The molecule has 0 fully saturated rings. The van der Waals surface area contributed by atoms with Gasteiger partial charge in [-0.05, 0) is 56.2 Å². The number of rotatable bonds is 13. The highest BCUT2D eigenvalue weighted by atomic mass is 16.5. The van der Waals surface area contributed by atoms with Crippen molar-refractivity contribution in [2.75, 3.05) is 40.6 Å². The van der Waals surface area contributed by atoms with Gasteiger partial charge in [-0.25, -0.2) is 15.0 Å². The number of aromatic hydroxyl groups is 2. The number of benzene rings is 3. The van der Waals surface area contributed by atoms with Crippen molar-refractivity contribution in [3.8, 4) is 57.2 Å². The third-order valence-corrected chi connectivity index (χ3v) is 6.56. The van der Waals surface area contributed by atoms with Gasteiger partial charge in [-0.1, -0.05) is 17.7 Å². The monoisotopic (exact) mass is 591 g/mol. The molecular formula is C32H37N3O8. The molecule has 228 valence electrons. The maximum atomic E-state index is 11.0. The van der Waals surface area contributed by atoms with Crippen LogP contribution < -0.4 is 9.47 Å². The highest BCUT2D eigenvalue weighted by molar-refractivity contribution is 5.74. The number of aliphatic hydroxyl groups excluding tert-OH is 2. The van der Waals surface area contributed by atoms with Gasteiger partial charge in [0.25, 0.3) is 0 Å². The van der Waals surface area contributed by atoms with Crippen molar-refractivity contribution in [3.05, 3.63) is 65.2 Å². The summed E-state index contributed by atoms with van der Waals surface area (Å²) in [6, 6.07) is 13.4. The Morgan fingerprint density at radius 1 is 0.605 bits per heavy atom. The van der Waals surface area contributed by atoms with Gasteiger partial charge in [0, 0.05) is 31.9 Å². The summed E-state index contributed by atoms with van der Waals surface area (Å²) in [5, 5.41) is 41.7. The summed E-state index contributed by atoms with van der Waals surface area (Å²) >= 11 is 0. The number of phenols is 2. The van der Waals surface area contributed by atoms with E-state index >= 15 is 0 Å². The van der Waals surface area contributed by atoms with E-state index in [2.05, 4.69) is 4.98 Å². The number of aryl methyl sites for hydroxylation is 3. The molecule has 0 radical (unpaired) electrons. The number of hydrogen-bond acceptors (Lipinski definition) is 11. The highest BCUT2D eigenvalue weighted by Gasteiger charge is 2.20. The third-order valence-electron chi connectivity index (χ3n) is 6.56. The van der Waals surface area contributed by atoms with Crippen LogP contribution >= 0.6 is 0 Å². The zero-order chi connectivity index (χ0) is 31.1. The van der Waals surface area contributed by atoms with Crippen LogP contribution in [-0.2, 0) is 9.47 Å². The molecule has 2 unspecified atom stereocenters. The van der Waals surface area contributed by atoms with Gasteiger partial charge in [-0.2, -0.15) is 0 Å². The van der Waals surface area contributed by atoms with Gasteiger partial charge in [0.2, 0.25) is 0 Å². The van der Waals surface area contributed by atoms with Gasteiger partial charge in [-0.3, -0.25) is 0 Å². The SMILES string of the molecule is COCC(O)COc1ccc(-c2nc(-c3ccc(OCC(O)COC)cc3O)nc(-c3c(C)cc(C)cc3C)n2)c(O)c1. The Hall–Kier alpha value is -4.29. The molecular weight excluding hydrogens is 554 g/mol. The van der Waals surface area contributed by atoms with Crippen LogP contribution in [0.4, 0.5) is 0 Å². The second kappa shape index (κ2) is 14.3. The Morgan fingerprint density at radius 3 is 1.42 bits per heavy atom. The summed E-state index contributed by atoms with van der Waals surface area (Å²) < 4.78 is 21.0. The van der Waals surface area contributed by atoms with Gasteiger partial charge < -0.3 is 39.4 Å². The number of aromatic nitrogens is 3. The van der Waals surface area contributed by atoms with Crippen molar-refractivity contribution in [2.24, 2.45) is 0 Å². The maximum Gasteiger partial charge on any atom is 0.167 e. The Kier molecular flexibility index (Phi) is 10.5. The summed E-state index contributed by atoms with van der Waals surface area (Å²) in [6.07, 6.45) is -1.64. The summed E-state index contributed by atoms with van der Waals surface area (Å²) in [4.78, 5) is 14.1. The van der Waals surface area contributed by atoms with Gasteiger partial charge >= 0.3 is 0 Å². The smallest absolute Gasteiger partial charge is 0.167 e. The predicted molar refractivity (Wildman–Crippen MR) is 160 cm³/mol. The number of ether oxygens (including phenoxy) is 4. The molecule has 4 aromatic rings. The first-order chi connectivity index (χ1) is 20.6. The van der Waals surface area contributed by atoms with Crippen LogP contribution in [0.15, 0.2) is 48.5 Å². The standard InChI is InChI=1S/C32H37N3O8/c1-18-10-19(2)29(20(3)11-18)32-34-30(25-8-6-23(12-27(25)38)42-16-21(36)14-40-4)33-31(35-32)26-9-7-24(13-28(26)39)43-17-22(37)15-41-5/h6-13,21-22,36-39H,14-17H2,1-5H3. The summed E-state index contributed by atoms with van der Waals surface area (Å²) in [7, 11) is 2.97. The quantitative estimate of drug-likeness (QED) is 0.178. The van der Waals surface area contributed by atoms with Crippen molar-refractivity contribution in [3.63, 3.8) is 0 Å². The molecule has 0 bridgehead atoms. The van der Waals surface area contributed by atoms with Gasteiger partial charge in [0.15, 0.2) is 17.5 Å². The van der Waals surface area contributed by atoms with Gasteiger partial charge in [0.1, 0.15) is 48.4 Å². The molecule has 11 heteroatoms. The summed E-state index contributed by atoms with van der Waals surface area (Å²) in [5.74, 6) is 1.17. The lowest BCUT2D eigenvalue weighted by molar-refractivity contribution is 0.0325. The van der Waals surface area contributed by atoms with Crippen LogP contribution in [0, 0.1) is 20.8 Å². The van der Waals surface area contributed by atoms with Crippen molar-refractivity contribution >= 4 is 0 Å². The van der Waals surface area contributed by atoms with Crippen LogP contribution in [0.5, 0.6) is 23.0 Å². The van der Waals surface area contributed by atoms with Crippen LogP contribution in [0.1, 0.15) is 16.7 Å². The Morgan fingerprint density at radius 2 is 1.02 bits per heavy atom. The van der Waals surface area contributed by atoms with E-state index in [1.165, 1.54) is 26.4 Å². The molecule has 11 nitrogen and oxygen atoms in total. The molecule has 0 saturated heterocycles. The predicted octanol–water partition coefficient (Wildman–Crippen LogP) is 3.98. The fraction of sp³-hybridized carbons (Fsp3) is 0.344. The zero-order valence-corrected chi connectivity index (χ0v) is 24.9. The van der Waals surface area contributed by atoms with E-state index in [9.17, 15) is 20.4 Å². The molecule has 3 aromatic carbocycles. The van der Waals surface area contributed by atoms with E-state index < -0.39 is 12.2 Å². The van der Waals surface area contributed by atoms with Crippen LogP contribution in [0.3, 0.4) is 0 Å². The first kappa shape index (κ1) is 31.6. The summed E-state index contributed by atoms with van der Waals surface area (Å²) in [6.45, 7) is 6.18. The number of methoxy groups -OCH3 is 2. The number of aliphatic hydroxyl groups is 2. The molecule has 0 spiro atoms. The average Bonchev–Trinajstić information content (AvgIpc) is 2.95. The van der Waals surface area contributed by atoms with Crippen molar-refractivity contribution in [2.45, 2.75) is 33.0 Å². The molecule has 2 atom stereocenters. The van der Waals surface area contributed by atoms with E-state index in [-0.39, 0.29) is 49.6 Å². The molecule has 0 aliphatic heterocycles. The largest absolute Gasteiger partial charge is 0.507 e. The molecule has 0 saturated carbocycles. The molecule has 4 N–H and O–H groups in total. The Bertz CT molecular complexity index is 1460. The second-order valence-electron chi connectivity index (χ2n) is 10.3. The van der Waals surface area contributed by atoms with Crippen molar-refractivity contribution in [1.29, 1.82) is 0 Å². The summed E-state index contributed by atoms with van der Waals surface area (Å²) in [5.41, 5.74) is 4.48. The normalized spacial score (nSPS) is 12.6. The fourth-order valence-electron chi connectivity index (χ4n) is 4.71. The minimum absolute atomic E-state index is 0.0109. The van der Waals surface area contributed by atoms with Crippen LogP contribution in [0.25, 0.3) is 34.2 Å². The second-order valence-corrected chi connectivity index (χ2v) is 10.3. The zero-order valence-electron chi connectivity index (χ0n) is 24.9. The van der Waals surface area contributed by atoms with Crippen LogP contribution in [0.2, 0.25) is 0 Å². The number of phenolic OH excluding ortho intramolecular Hbond substituents is 2. The minimum Gasteiger partial charge on any atom is -0.507 e. The molecule has 43 heavy (non-hydrogen) atoms. The number of nitrogens with zero attached hydrogens (tertiary/aromatic N) is 3. The first-order valence-electron chi connectivity index (χ1n) is 13.7. The number of hydrogen-bond donors (Lipinski definition) is 4. The van der Waals surface area contributed by atoms with Gasteiger partial charge in [-0.15, -0.1) is 0 Å². The lowest BCUT2D eigenvalue weighted by Gasteiger charge is -2.15. The lowest BCUT2D eigenvalue weighted by Crippen LogP contribution is -2.22. The topological polar surface area (TPSA) is 157 Å². The van der Waals surface area contributed by atoms with E-state index in [1.807, 2.05) is 32.9 Å². The molecule has 4 rings (SSSR count).